The van der Waals surface area contributed by atoms with Gasteiger partial charge in [-0.05, 0) is 70.4 Å². The van der Waals surface area contributed by atoms with Crippen LogP contribution in [0.25, 0.3) is 11.2 Å². The maximum Gasteiger partial charge on any atom is 0.421 e. The van der Waals surface area contributed by atoms with E-state index in [0.717, 1.165) is 16.9 Å². The third-order valence-electron chi connectivity index (χ3n) is 5.79. The predicted molar refractivity (Wildman–Crippen MR) is 125 cm³/mol. The molecule has 3 heterocycles. The fourth-order valence-electron chi connectivity index (χ4n) is 4.02. The Labute approximate surface area is 195 Å². The number of hydrogen-bond donors (Lipinski definition) is 1. The predicted octanol–water partition coefficient (Wildman–Crippen LogP) is 6.05. The smallest absolute Gasteiger partial charge is 0.421 e. The van der Waals surface area contributed by atoms with Crippen molar-refractivity contribution in [2.75, 3.05) is 23.3 Å². The van der Waals surface area contributed by atoms with Gasteiger partial charge in [0.1, 0.15) is 17.4 Å². The van der Waals surface area contributed by atoms with E-state index < -0.39 is 23.8 Å². The van der Waals surface area contributed by atoms with Gasteiger partial charge in [0.15, 0.2) is 5.65 Å². The summed E-state index contributed by atoms with van der Waals surface area (Å²) in [5, 5.41) is 3.30. The number of alkyl halides is 3. The van der Waals surface area contributed by atoms with Crippen molar-refractivity contribution in [3.8, 4) is 0 Å². The molecule has 1 fully saturated rings. The van der Waals surface area contributed by atoms with Crippen molar-refractivity contribution in [1.82, 2.24) is 14.5 Å². The van der Waals surface area contributed by atoms with Gasteiger partial charge in [-0.15, -0.1) is 0 Å². The molecule has 34 heavy (non-hydrogen) atoms. The number of fused-ring (bicyclic) bond motifs is 1. The Hall–Kier alpha value is -3.30. The Bertz CT molecular complexity index is 1190. The number of carbonyl (C=O) groups excluding carboxylic acids is 1. The number of hydrogen-bond acceptors (Lipinski definition) is 6. The third kappa shape index (κ3) is 5.26. The molecule has 0 amide bonds. The van der Waals surface area contributed by atoms with Gasteiger partial charge in [0.05, 0.1) is 17.8 Å². The monoisotopic (exact) mass is 475 g/mol. The number of piperidine rings is 1. The fourth-order valence-corrected chi connectivity index (χ4v) is 4.02. The molecule has 182 valence electrons. The first-order valence-electron chi connectivity index (χ1n) is 11.2. The Morgan fingerprint density at radius 1 is 1.12 bits per heavy atom. The molecule has 2 aromatic heterocycles. The van der Waals surface area contributed by atoms with Gasteiger partial charge in [-0.3, -0.25) is 0 Å². The summed E-state index contributed by atoms with van der Waals surface area (Å²) in [7, 11) is 0. The van der Waals surface area contributed by atoms with Crippen molar-refractivity contribution in [3.05, 3.63) is 42.4 Å². The highest BCUT2D eigenvalue weighted by Gasteiger charge is 2.41. The number of rotatable bonds is 3. The topological polar surface area (TPSA) is 72.3 Å². The van der Waals surface area contributed by atoms with E-state index in [-0.39, 0.29) is 12.8 Å². The minimum absolute atomic E-state index is 0.115. The number of aryl methyl sites for hydroxylation is 1. The molecular weight excluding hydrogens is 447 g/mol. The first-order chi connectivity index (χ1) is 15.9. The first kappa shape index (κ1) is 23.8. The number of benzene rings is 1. The molecule has 0 bridgehead atoms. The Kier molecular flexibility index (Phi) is 6.18. The molecule has 3 aromatic rings. The molecule has 1 N–H and O–H groups in total. The molecule has 1 aromatic carbocycles. The van der Waals surface area contributed by atoms with Crippen LogP contribution in [0.2, 0.25) is 0 Å². The summed E-state index contributed by atoms with van der Waals surface area (Å²) in [6, 6.07) is 7.58. The Balaban J connectivity index is 1.46. The van der Waals surface area contributed by atoms with Crippen LogP contribution in [0.5, 0.6) is 0 Å². The molecule has 7 nitrogen and oxygen atoms in total. The van der Waals surface area contributed by atoms with Crippen LogP contribution < -0.4 is 10.2 Å². The van der Waals surface area contributed by atoms with Gasteiger partial charge >= 0.3 is 12.3 Å². The zero-order chi connectivity index (χ0) is 24.7. The van der Waals surface area contributed by atoms with E-state index >= 15 is 0 Å². The van der Waals surface area contributed by atoms with E-state index in [9.17, 15) is 18.0 Å². The number of imidazole rings is 1. The summed E-state index contributed by atoms with van der Waals surface area (Å²) in [5.74, 6) is -1.22. The van der Waals surface area contributed by atoms with E-state index in [1.54, 1.807) is 33.0 Å². The summed E-state index contributed by atoms with van der Waals surface area (Å²) in [5.41, 5.74) is 3.72. The van der Waals surface area contributed by atoms with Crippen LogP contribution >= 0.6 is 0 Å². The van der Waals surface area contributed by atoms with Crippen molar-refractivity contribution in [1.29, 1.82) is 0 Å². The van der Waals surface area contributed by atoms with E-state index in [0.29, 0.717) is 29.9 Å². The highest BCUT2D eigenvalue weighted by atomic mass is 19.4. The van der Waals surface area contributed by atoms with Crippen LogP contribution in [-0.4, -0.2) is 45.5 Å². The number of anilines is 3. The number of pyridine rings is 1. The minimum atomic E-state index is -4.12. The zero-order valence-corrected chi connectivity index (χ0v) is 19.6. The molecule has 1 saturated heterocycles. The number of aromatic nitrogens is 3. The molecule has 1 aliphatic heterocycles. The van der Waals surface area contributed by atoms with E-state index in [4.69, 9.17) is 4.74 Å². The van der Waals surface area contributed by atoms with Crippen LogP contribution in [-0.2, 0) is 4.74 Å². The summed E-state index contributed by atoms with van der Waals surface area (Å²) in [4.78, 5) is 23.0. The molecule has 0 atom stereocenters. The van der Waals surface area contributed by atoms with Gasteiger partial charge in [0, 0.05) is 24.5 Å². The van der Waals surface area contributed by atoms with Crippen LogP contribution in [0, 0.1) is 12.8 Å². The molecule has 10 heteroatoms. The van der Waals surface area contributed by atoms with Crippen molar-refractivity contribution >= 4 is 34.3 Å². The normalized spacial score (nSPS) is 15.6. The van der Waals surface area contributed by atoms with E-state index in [2.05, 4.69) is 15.3 Å². The van der Waals surface area contributed by atoms with Gasteiger partial charge in [0.2, 0.25) is 0 Å². The summed E-state index contributed by atoms with van der Waals surface area (Å²) < 4.78 is 45.5. The quantitative estimate of drug-likeness (QED) is 0.498. The molecule has 0 saturated carbocycles. The van der Waals surface area contributed by atoms with Crippen LogP contribution in [0.4, 0.5) is 35.0 Å². The van der Waals surface area contributed by atoms with Crippen molar-refractivity contribution in [3.63, 3.8) is 0 Å². The van der Waals surface area contributed by atoms with Gasteiger partial charge in [0.25, 0.3) is 0 Å². The highest BCUT2D eigenvalue weighted by Crippen LogP contribution is 2.36. The lowest BCUT2D eigenvalue weighted by atomic mass is 9.96. The Morgan fingerprint density at radius 3 is 2.44 bits per heavy atom. The maximum atomic E-state index is 12.9. The van der Waals surface area contributed by atoms with Crippen LogP contribution in [0.3, 0.4) is 0 Å². The van der Waals surface area contributed by atoms with Crippen LogP contribution in [0.1, 0.15) is 39.2 Å². The van der Waals surface area contributed by atoms with Gasteiger partial charge in [-0.2, -0.15) is 13.2 Å². The van der Waals surface area contributed by atoms with Crippen molar-refractivity contribution in [2.24, 2.45) is 5.92 Å². The lowest BCUT2D eigenvalue weighted by Gasteiger charge is -2.34. The molecule has 0 aliphatic carbocycles. The molecule has 0 radical (unpaired) electrons. The summed E-state index contributed by atoms with van der Waals surface area (Å²) in [6.45, 7) is 8.08. The largest absolute Gasteiger partial charge is 0.443 e. The maximum absolute atomic E-state index is 12.9. The molecule has 0 spiro atoms. The summed E-state index contributed by atoms with van der Waals surface area (Å²) in [6.07, 6.45) is -1.44. The average Bonchev–Trinajstić information content (AvgIpc) is 3.17. The second-order valence-corrected chi connectivity index (χ2v) is 9.59. The number of nitrogens with zero attached hydrogens (tertiary/aromatic N) is 4. The molecule has 1 aliphatic rings. The Morgan fingerprint density at radius 2 is 1.82 bits per heavy atom. The van der Waals surface area contributed by atoms with Crippen molar-refractivity contribution < 1.29 is 22.7 Å². The van der Waals surface area contributed by atoms with Gasteiger partial charge in [-0.1, -0.05) is 0 Å². The fraction of sp³-hybridized carbons (Fsp3) is 0.458. The van der Waals surface area contributed by atoms with E-state index in [1.807, 2.05) is 30.0 Å². The first-order valence-corrected chi connectivity index (χ1v) is 11.2. The standard InChI is InChI=1S/C24H28F3N5O2/c1-15-11-18(31-9-7-16(8-10-31)24(25,26)27)5-6-19(15)30-17-12-20-21(28-13-17)32(14-29-20)22(33)34-23(2,3)4/h5-6,11-14,16,30H,7-10H2,1-4H3. The lowest BCUT2D eigenvalue weighted by Crippen LogP contribution is -2.39. The number of halogens is 3. The second-order valence-electron chi connectivity index (χ2n) is 9.59. The molecule has 4 rings (SSSR count). The number of nitrogens with one attached hydrogen (secondary N) is 1. The summed E-state index contributed by atoms with van der Waals surface area (Å²) >= 11 is 0. The zero-order valence-electron chi connectivity index (χ0n) is 19.6. The third-order valence-corrected chi connectivity index (χ3v) is 5.79. The minimum Gasteiger partial charge on any atom is -0.443 e. The highest BCUT2D eigenvalue weighted by molar-refractivity contribution is 5.86. The number of ether oxygens (including phenoxy) is 1. The molecule has 0 unspecified atom stereocenters. The van der Waals surface area contributed by atoms with E-state index in [1.165, 1.54) is 10.9 Å². The van der Waals surface area contributed by atoms with Gasteiger partial charge < -0.3 is 15.0 Å². The second kappa shape index (κ2) is 8.81. The van der Waals surface area contributed by atoms with Gasteiger partial charge in [-0.25, -0.2) is 19.3 Å². The van der Waals surface area contributed by atoms with Crippen LogP contribution in [0.15, 0.2) is 36.8 Å². The lowest BCUT2D eigenvalue weighted by molar-refractivity contribution is -0.179. The van der Waals surface area contributed by atoms with Crippen molar-refractivity contribution in [2.45, 2.75) is 52.3 Å². The average molecular weight is 476 g/mol. The SMILES string of the molecule is Cc1cc(N2CCC(C(F)(F)F)CC2)ccc1Nc1cnc2c(c1)ncn2C(=O)OC(C)(C)C. The molecular formula is C24H28F3N5O2. The number of carbonyl (C=O) groups is 1.